The lowest BCUT2D eigenvalue weighted by Crippen LogP contribution is -2.04. The Labute approximate surface area is 120 Å². The Bertz CT molecular complexity index is 549. The van der Waals surface area contributed by atoms with Gasteiger partial charge in [-0.3, -0.25) is 0 Å². The Kier molecular flexibility index (Phi) is 4.27. The third-order valence-corrected chi connectivity index (χ3v) is 3.10. The number of hydrogen-bond donors (Lipinski definition) is 1. The molecule has 2 aromatic rings. The van der Waals surface area contributed by atoms with Crippen molar-refractivity contribution < 1.29 is 0 Å². The van der Waals surface area contributed by atoms with Crippen LogP contribution in [0.2, 0.25) is 15.1 Å². The molecule has 0 atom stereocenters. The van der Waals surface area contributed by atoms with Crippen molar-refractivity contribution in [3.63, 3.8) is 0 Å². The minimum atomic E-state index is 0.485. The first-order valence-corrected chi connectivity index (χ1v) is 6.36. The first kappa shape index (κ1) is 13.4. The van der Waals surface area contributed by atoms with E-state index >= 15 is 0 Å². The molecule has 0 radical (unpaired) electrons. The van der Waals surface area contributed by atoms with Crippen molar-refractivity contribution >= 4 is 40.5 Å². The minimum Gasteiger partial charge on any atom is -0.377 e. The summed E-state index contributed by atoms with van der Waals surface area (Å²) in [6, 6.07) is 5.11. The molecule has 2 rings (SSSR count). The molecule has 1 heterocycles. The molecule has 0 spiro atoms. The lowest BCUT2D eigenvalue weighted by molar-refractivity contribution is 0.955. The number of aryl methyl sites for hydroxylation is 1. The van der Waals surface area contributed by atoms with Crippen LogP contribution in [0.15, 0.2) is 24.4 Å². The van der Waals surface area contributed by atoms with E-state index in [-0.39, 0.29) is 0 Å². The van der Waals surface area contributed by atoms with Gasteiger partial charge in [0.2, 0.25) is 0 Å². The molecular weight excluding hydrogens is 293 g/mol. The number of anilines is 1. The normalized spacial score (nSPS) is 10.4. The molecular formula is C12H10Cl3N3. The first-order valence-electron chi connectivity index (χ1n) is 5.23. The van der Waals surface area contributed by atoms with Gasteiger partial charge < -0.3 is 5.32 Å². The van der Waals surface area contributed by atoms with Gasteiger partial charge in [0.1, 0.15) is 5.82 Å². The molecule has 3 nitrogen and oxygen atoms in total. The van der Waals surface area contributed by atoms with Gasteiger partial charge in [0.05, 0.1) is 28.0 Å². The van der Waals surface area contributed by atoms with E-state index in [9.17, 15) is 0 Å². The van der Waals surface area contributed by atoms with Crippen molar-refractivity contribution in [2.45, 2.75) is 13.5 Å². The zero-order valence-electron chi connectivity index (χ0n) is 9.54. The summed E-state index contributed by atoms with van der Waals surface area (Å²) in [4.78, 5) is 8.31. The summed E-state index contributed by atoms with van der Waals surface area (Å²) < 4.78 is 0. The number of rotatable bonds is 3. The summed E-state index contributed by atoms with van der Waals surface area (Å²) in [5.41, 5.74) is 1.52. The van der Waals surface area contributed by atoms with Gasteiger partial charge in [-0.2, -0.15) is 0 Å². The highest BCUT2D eigenvalue weighted by molar-refractivity contribution is 6.41. The van der Waals surface area contributed by atoms with Crippen LogP contribution in [-0.4, -0.2) is 9.97 Å². The molecule has 1 aromatic carbocycles. The SMILES string of the molecule is Cc1nccc(CNc2c(Cl)cc(Cl)cc2Cl)n1. The minimum absolute atomic E-state index is 0.485. The van der Waals surface area contributed by atoms with E-state index in [0.717, 1.165) is 11.5 Å². The maximum Gasteiger partial charge on any atom is 0.125 e. The smallest absolute Gasteiger partial charge is 0.125 e. The topological polar surface area (TPSA) is 37.8 Å². The van der Waals surface area contributed by atoms with Crippen LogP contribution in [0, 0.1) is 6.92 Å². The van der Waals surface area contributed by atoms with Crippen molar-refractivity contribution in [1.82, 2.24) is 9.97 Å². The Hall–Kier alpha value is -1.03. The Morgan fingerprint density at radius 2 is 1.83 bits per heavy atom. The summed E-state index contributed by atoms with van der Waals surface area (Å²) in [5, 5.41) is 4.62. The van der Waals surface area contributed by atoms with Crippen molar-refractivity contribution in [2.75, 3.05) is 5.32 Å². The molecule has 94 valence electrons. The fourth-order valence-corrected chi connectivity index (χ4v) is 2.44. The standard InChI is InChI=1S/C12H10Cl3N3/c1-7-16-3-2-9(18-7)6-17-12-10(14)4-8(13)5-11(12)15/h2-5,17H,6H2,1H3. The first-order chi connectivity index (χ1) is 8.56. The van der Waals surface area contributed by atoms with Crippen LogP contribution in [0.25, 0.3) is 0 Å². The highest BCUT2D eigenvalue weighted by Crippen LogP contribution is 2.33. The van der Waals surface area contributed by atoms with Gasteiger partial charge in [0.25, 0.3) is 0 Å². The summed E-state index contributed by atoms with van der Waals surface area (Å²) >= 11 is 18.0. The molecule has 0 saturated heterocycles. The van der Waals surface area contributed by atoms with E-state index < -0.39 is 0 Å². The summed E-state index contributed by atoms with van der Waals surface area (Å²) in [6.07, 6.45) is 1.71. The zero-order valence-corrected chi connectivity index (χ0v) is 11.8. The number of aromatic nitrogens is 2. The second kappa shape index (κ2) is 5.74. The van der Waals surface area contributed by atoms with Gasteiger partial charge in [0, 0.05) is 11.2 Å². The van der Waals surface area contributed by atoms with Crippen LogP contribution in [0.4, 0.5) is 5.69 Å². The molecule has 1 aromatic heterocycles. The quantitative estimate of drug-likeness (QED) is 0.915. The second-order valence-electron chi connectivity index (χ2n) is 3.69. The van der Waals surface area contributed by atoms with Crippen molar-refractivity contribution in [3.05, 3.63) is 51.0 Å². The molecule has 0 aliphatic rings. The third kappa shape index (κ3) is 3.25. The molecule has 0 bridgehead atoms. The average Bonchev–Trinajstić information content (AvgIpc) is 2.27. The predicted octanol–water partition coefficient (Wildman–Crippen LogP) is 4.36. The highest BCUT2D eigenvalue weighted by Gasteiger charge is 2.07. The zero-order chi connectivity index (χ0) is 13.1. The molecule has 0 fully saturated rings. The van der Waals surface area contributed by atoms with Crippen LogP contribution >= 0.6 is 34.8 Å². The molecule has 6 heteroatoms. The Morgan fingerprint density at radius 3 is 2.44 bits per heavy atom. The molecule has 1 N–H and O–H groups in total. The maximum absolute atomic E-state index is 6.07. The largest absolute Gasteiger partial charge is 0.377 e. The number of nitrogens with one attached hydrogen (secondary N) is 1. The van der Waals surface area contributed by atoms with E-state index in [1.165, 1.54) is 0 Å². The summed E-state index contributed by atoms with van der Waals surface area (Å²) in [7, 11) is 0. The summed E-state index contributed by atoms with van der Waals surface area (Å²) in [6.45, 7) is 2.36. The third-order valence-electron chi connectivity index (χ3n) is 2.29. The lowest BCUT2D eigenvalue weighted by atomic mass is 10.3. The summed E-state index contributed by atoms with van der Waals surface area (Å²) in [5.74, 6) is 0.725. The molecule has 0 saturated carbocycles. The number of halogens is 3. The fourth-order valence-electron chi connectivity index (χ4n) is 1.49. The monoisotopic (exact) mass is 301 g/mol. The van der Waals surface area contributed by atoms with Gasteiger partial charge in [-0.15, -0.1) is 0 Å². The molecule has 0 amide bonds. The van der Waals surface area contributed by atoms with Crippen molar-refractivity contribution in [2.24, 2.45) is 0 Å². The number of nitrogens with zero attached hydrogens (tertiary/aromatic N) is 2. The molecule has 18 heavy (non-hydrogen) atoms. The Morgan fingerprint density at radius 1 is 1.17 bits per heavy atom. The van der Waals surface area contributed by atoms with Gasteiger partial charge in [-0.1, -0.05) is 34.8 Å². The fraction of sp³-hybridized carbons (Fsp3) is 0.167. The van der Waals surface area contributed by atoms with Crippen molar-refractivity contribution in [1.29, 1.82) is 0 Å². The van der Waals surface area contributed by atoms with E-state index in [2.05, 4.69) is 15.3 Å². The van der Waals surface area contributed by atoms with E-state index in [1.54, 1.807) is 18.3 Å². The van der Waals surface area contributed by atoms with E-state index in [0.29, 0.717) is 27.3 Å². The highest BCUT2D eigenvalue weighted by atomic mass is 35.5. The van der Waals surface area contributed by atoms with Crippen LogP contribution < -0.4 is 5.32 Å². The van der Waals surface area contributed by atoms with Crippen LogP contribution in [0.1, 0.15) is 11.5 Å². The average molecular weight is 303 g/mol. The predicted molar refractivity (Wildman–Crippen MR) is 75.6 cm³/mol. The van der Waals surface area contributed by atoms with E-state index in [1.807, 2.05) is 13.0 Å². The van der Waals surface area contributed by atoms with E-state index in [4.69, 9.17) is 34.8 Å². The van der Waals surface area contributed by atoms with Gasteiger partial charge >= 0.3 is 0 Å². The van der Waals surface area contributed by atoms with Crippen LogP contribution in [0.5, 0.6) is 0 Å². The lowest BCUT2D eigenvalue weighted by Gasteiger charge is -2.10. The number of hydrogen-bond acceptors (Lipinski definition) is 3. The Balaban J connectivity index is 2.16. The van der Waals surface area contributed by atoms with Gasteiger partial charge in [0.15, 0.2) is 0 Å². The molecule has 0 unspecified atom stereocenters. The molecule has 0 aliphatic heterocycles. The van der Waals surface area contributed by atoms with Gasteiger partial charge in [-0.05, 0) is 25.1 Å². The number of benzene rings is 1. The maximum atomic E-state index is 6.07. The van der Waals surface area contributed by atoms with Crippen molar-refractivity contribution in [3.8, 4) is 0 Å². The molecule has 0 aliphatic carbocycles. The van der Waals surface area contributed by atoms with Crippen LogP contribution in [0.3, 0.4) is 0 Å². The van der Waals surface area contributed by atoms with Crippen LogP contribution in [-0.2, 0) is 6.54 Å². The second-order valence-corrected chi connectivity index (χ2v) is 4.94. The van der Waals surface area contributed by atoms with Gasteiger partial charge in [-0.25, -0.2) is 9.97 Å².